The number of rotatable bonds is 6. The number of hydrogen-bond acceptors (Lipinski definition) is 3. The van der Waals surface area contributed by atoms with Gasteiger partial charge in [-0.25, -0.2) is 4.99 Å². The molecule has 0 aromatic heterocycles. The van der Waals surface area contributed by atoms with Gasteiger partial charge in [-0.05, 0) is 33.1 Å². The van der Waals surface area contributed by atoms with E-state index in [0.29, 0.717) is 12.1 Å². The number of amides is 1. The molecule has 0 aromatic rings. The molecule has 2 aliphatic carbocycles. The monoisotopic (exact) mass is 466 g/mol. The molecule has 6 nitrogen and oxygen atoms in total. The highest BCUT2D eigenvalue weighted by Crippen LogP contribution is 2.53. The summed E-state index contributed by atoms with van der Waals surface area (Å²) in [6, 6.07) is 0.390. The molecule has 1 spiro atoms. The van der Waals surface area contributed by atoms with Crippen molar-refractivity contribution in [3.8, 4) is 0 Å². The normalized spacial score (nSPS) is 24.9. The van der Waals surface area contributed by atoms with Gasteiger partial charge in [0.05, 0.1) is 6.10 Å². The fourth-order valence-corrected chi connectivity index (χ4v) is 4.04. The molecule has 146 valence electrons. The van der Waals surface area contributed by atoms with Gasteiger partial charge in [0.25, 0.3) is 0 Å². The number of nitrogens with one attached hydrogen (secondary N) is 2. The van der Waals surface area contributed by atoms with Gasteiger partial charge in [0.15, 0.2) is 5.96 Å². The predicted octanol–water partition coefficient (Wildman–Crippen LogP) is 2.38. The first kappa shape index (κ1) is 22.5. The second-order valence-electron chi connectivity index (χ2n) is 7.15. The third-order valence-corrected chi connectivity index (χ3v) is 5.46. The van der Waals surface area contributed by atoms with Crippen LogP contribution in [0.4, 0.5) is 0 Å². The number of nitrogens with zero attached hydrogens (tertiary/aromatic N) is 2. The molecule has 2 N–H and O–H groups in total. The molecule has 0 saturated heterocycles. The summed E-state index contributed by atoms with van der Waals surface area (Å²) in [5.41, 5.74) is 0.246. The summed E-state index contributed by atoms with van der Waals surface area (Å²) >= 11 is 0. The van der Waals surface area contributed by atoms with Crippen LogP contribution in [0.5, 0.6) is 0 Å². The molecule has 0 aromatic carbocycles. The lowest BCUT2D eigenvalue weighted by molar-refractivity contribution is -0.145. The molecule has 2 rings (SSSR count). The van der Waals surface area contributed by atoms with Crippen LogP contribution < -0.4 is 10.6 Å². The summed E-state index contributed by atoms with van der Waals surface area (Å²) in [4.78, 5) is 17.8. The molecule has 7 heteroatoms. The zero-order valence-electron chi connectivity index (χ0n) is 16.1. The van der Waals surface area contributed by atoms with Gasteiger partial charge in [0.2, 0.25) is 5.91 Å². The molecule has 0 heterocycles. The number of ether oxygens (including phenoxy) is 1. The Balaban J connectivity index is 0.00000312. The van der Waals surface area contributed by atoms with Crippen LogP contribution in [-0.2, 0) is 9.53 Å². The average Bonchev–Trinajstić information content (AvgIpc) is 2.59. The SMILES string of the molecule is CCNC(=NCC(=O)N(C)C)NC1CC(OCC)C12CCCCC2.I. The molecular weight excluding hydrogens is 431 g/mol. The number of hydrogen-bond donors (Lipinski definition) is 2. The molecule has 25 heavy (non-hydrogen) atoms. The zero-order chi connectivity index (χ0) is 17.6. The Kier molecular flexibility index (Phi) is 9.48. The summed E-state index contributed by atoms with van der Waals surface area (Å²) in [5.74, 6) is 0.762. The van der Waals surface area contributed by atoms with Crippen LogP contribution in [0.3, 0.4) is 0 Å². The van der Waals surface area contributed by atoms with Crippen molar-refractivity contribution in [2.75, 3.05) is 33.8 Å². The fourth-order valence-electron chi connectivity index (χ4n) is 4.04. The molecule has 0 bridgehead atoms. The summed E-state index contributed by atoms with van der Waals surface area (Å²) in [6.07, 6.45) is 7.75. The van der Waals surface area contributed by atoms with Crippen LogP contribution >= 0.6 is 24.0 Å². The van der Waals surface area contributed by atoms with E-state index in [9.17, 15) is 4.79 Å². The van der Waals surface area contributed by atoms with Gasteiger partial charge in [-0.15, -0.1) is 24.0 Å². The first-order valence-corrected chi connectivity index (χ1v) is 9.40. The average molecular weight is 466 g/mol. The molecule has 2 fully saturated rings. The van der Waals surface area contributed by atoms with E-state index in [2.05, 4.69) is 22.5 Å². The molecule has 2 saturated carbocycles. The fraction of sp³-hybridized carbons (Fsp3) is 0.889. The lowest BCUT2D eigenvalue weighted by atomic mass is 9.55. The van der Waals surface area contributed by atoms with Gasteiger partial charge in [-0.1, -0.05) is 19.3 Å². The van der Waals surface area contributed by atoms with E-state index in [4.69, 9.17) is 4.74 Å². The van der Waals surface area contributed by atoms with E-state index in [1.165, 1.54) is 32.1 Å². The topological polar surface area (TPSA) is 66.0 Å². The molecule has 0 aliphatic heterocycles. The second-order valence-corrected chi connectivity index (χ2v) is 7.15. The summed E-state index contributed by atoms with van der Waals surface area (Å²) in [5, 5.41) is 6.86. The van der Waals surface area contributed by atoms with Gasteiger partial charge >= 0.3 is 0 Å². The third-order valence-electron chi connectivity index (χ3n) is 5.46. The number of aliphatic imine (C=N–C) groups is 1. The van der Waals surface area contributed by atoms with Crippen molar-refractivity contribution in [1.82, 2.24) is 15.5 Å². The van der Waals surface area contributed by atoms with Gasteiger partial charge in [-0.2, -0.15) is 0 Å². The van der Waals surface area contributed by atoms with E-state index in [1.807, 2.05) is 6.92 Å². The van der Waals surface area contributed by atoms with E-state index >= 15 is 0 Å². The minimum atomic E-state index is 0. The number of carbonyl (C=O) groups is 1. The quantitative estimate of drug-likeness (QED) is 0.359. The van der Waals surface area contributed by atoms with Crippen LogP contribution in [0.2, 0.25) is 0 Å². The first-order chi connectivity index (χ1) is 11.5. The van der Waals surface area contributed by atoms with Crippen molar-refractivity contribution >= 4 is 35.8 Å². The Bertz CT molecular complexity index is 450. The van der Waals surface area contributed by atoms with E-state index in [1.54, 1.807) is 19.0 Å². The van der Waals surface area contributed by atoms with Crippen molar-refractivity contribution < 1.29 is 9.53 Å². The predicted molar refractivity (Wildman–Crippen MR) is 113 cm³/mol. The molecule has 2 aliphatic rings. The summed E-state index contributed by atoms with van der Waals surface area (Å²) in [7, 11) is 3.52. The maximum absolute atomic E-state index is 11.8. The van der Waals surface area contributed by atoms with E-state index in [-0.39, 0.29) is 41.8 Å². The van der Waals surface area contributed by atoms with Gasteiger partial charge < -0.3 is 20.3 Å². The highest BCUT2D eigenvalue weighted by molar-refractivity contribution is 14.0. The Morgan fingerprint density at radius 2 is 1.92 bits per heavy atom. The molecule has 2 atom stereocenters. The smallest absolute Gasteiger partial charge is 0.243 e. The van der Waals surface area contributed by atoms with Crippen molar-refractivity contribution in [2.24, 2.45) is 10.4 Å². The van der Waals surface area contributed by atoms with Crippen LogP contribution in [0.25, 0.3) is 0 Å². The van der Waals surface area contributed by atoms with E-state index < -0.39 is 0 Å². The lowest BCUT2D eigenvalue weighted by Gasteiger charge is -2.57. The summed E-state index contributed by atoms with van der Waals surface area (Å²) < 4.78 is 6.01. The number of likely N-dealkylation sites (N-methyl/N-ethyl adjacent to an activating group) is 1. The zero-order valence-corrected chi connectivity index (χ0v) is 18.5. The molecular formula is C18H35IN4O2. The van der Waals surface area contributed by atoms with Crippen molar-refractivity contribution in [3.05, 3.63) is 0 Å². The lowest BCUT2D eigenvalue weighted by Crippen LogP contribution is -2.66. The largest absolute Gasteiger partial charge is 0.378 e. The second kappa shape index (κ2) is 10.5. The van der Waals surface area contributed by atoms with Crippen LogP contribution in [0.1, 0.15) is 52.4 Å². The Hall–Kier alpha value is -0.570. The first-order valence-electron chi connectivity index (χ1n) is 9.40. The Morgan fingerprint density at radius 3 is 2.48 bits per heavy atom. The maximum atomic E-state index is 11.8. The molecule has 0 radical (unpaired) electrons. The van der Waals surface area contributed by atoms with Gasteiger partial charge in [0.1, 0.15) is 6.54 Å². The van der Waals surface area contributed by atoms with Crippen molar-refractivity contribution in [3.63, 3.8) is 0 Å². The van der Waals surface area contributed by atoms with Gasteiger partial charge in [-0.3, -0.25) is 4.79 Å². The number of carbonyl (C=O) groups excluding carboxylic acids is 1. The summed E-state index contributed by atoms with van der Waals surface area (Å²) in [6.45, 7) is 5.87. The highest BCUT2D eigenvalue weighted by Gasteiger charge is 2.55. The minimum absolute atomic E-state index is 0. The Labute approximate surface area is 169 Å². The number of halogens is 1. The van der Waals surface area contributed by atoms with Crippen molar-refractivity contribution in [1.29, 1.82) is 0 Å². The Morgan fingerprint density at radius 1 is 1.24 bits per heavy atom. The third kappa shape index (κ3) is 5.45. The number of guanidine groups is 1. The van der Waals surface area contributed by atoms with Crippen molar-refractivity contribution in [2.45, 2.75) is 64.5 Å². The highest BCUT2D eigenvalue weighted by atomic mass is 127. The standard InChI is InChI=1S/C18H34N4O2.HI/c1-5-19-17(20-13-16(23)22(3)4)21-14-12-15(24-6-2)18(14)10-8-7-9-11-18;/h14-15H,5-13H2,1-4H3,(H2,19,20,21);1H. The minimum Gasteiger partial charge on any atom is -0.378 e. The van der Waals surface area contributed by atoms with Crippen LogP contribution in [-0.4, -0.2) is 62.7 Å². The van der Waals surface area contributed by atoms with Crippen LogP contribution in [0, 0.1) is 5.41 Å². The van der Waals surface area contributed by atoms with Gasteiger partial charge in [0, 0.05) is 38.7 Å². The van der Waals surface area contributed by atoms with E-state index in [0.717, 1.165) is 25.5 Å². The maximum Gasteiger partial charge on any atom is 0.243 e. The van der Waals surface area contributed by atoms with Crippen LogP contribution in [0.15, 0.2) is 4.99 Å². The molecule has 1 amide bonds. The molecule has 2 unspecified atom stereocenters.